The summed E-state index contributed by atoms with van der Waals surface area (Å²) in [5, 5.41) is 15.0. The minimum absolute atomic E-state index is 0.206. The van der Waals surface area contributed by atoms with Crippen molar-refractivity contribution in [2.45, 2.75) is 25.6 Å². The maximum atomic E-state index is 13.5. The number of aromatic nitrogens is 3. The van der Waals surface area contributed by atoms with E-state index in [4.69, 9.17) is 0 Å². The van der Waals surface area contributed by atoms with Crippen LogP contribution in [0.3, 0.4) is 0 Å². The Hall–Kier alpha value is -2.61. The summed E-state index contributed by atoms with van der Waals surface area (Å²) in [6.45, 7) is 3.98. The fraction of sp³-hybridized carbons (Fsp3) is 0.350. The third-order valence-electron chi connectivity index (χ3n) is 4.25. The van der Waals surface area contributed by atoms with Crippen LogP contribution >= 0.6 is 11.8 Å². The molecule has 2 N–H and O–H groups in total. The monoisotopic (exact) mass is 400 g/mol. The summed E-state index contributed by atoms with van der Waals surface area (Å²) in [7, 11) is 0. The Morgan fingerprint density at radius 3 is 2.89 bits per heavy atom. The smallest absolute Gasteiger partial charge is 0.191 e. The van der Waals surface area contributed by atoms with Crippen molar-refractivity contribution in [2.75, 3.05) is 19.3 Å². The number of hydrogen-bond donors (Lipinski definition) is 2. The van der Waals surface area contributed by atoms with E-state index in [1.807, 2.05) is 48.0 Å². The number of fused-ring (bicyclic) bond motifs is 1. The number of hydrogen-bond acceptors (Lipinski definition) is 4. The quantitative estimate of drug-likeness (QED) is 0.449. The molecule has 8 heteroatoms. The fourth-order valence-corrected chi connectivity index (χ4v) is 3.48. The van der Waals surface area contributed by atoms with Gasteiger partial charge in [-0.15, -0.1) is 10.2 Å². The lowest BCUT2D eigenvalue weighted by atomic mass is 10.1. The lowest BCUT2D eigenvalue weighted by molar-refractivity contribution is 0.625. The lowest BCUT2D eigenvalue weighted by Crippen LogP contribution is -2.38. The van der Waals surface area contributed by atoms with Crippen molar-refractivity contribution < 1.29 is 4.39 Å². The Morgan fingerprint density at radius 1 is 1.18 bits per heavy atom. The van der Waals surface area contributed by atoms with Crippen LogP contribution in [0.2, 0.25) is 0 Å². The van der Waals surface area contributed by atoms with Crippen molar-refractivity contribution in [3.05, 3.63) is 65.4 Å². The summed E-state index contributed by atoms with van der Waals surface area (Å²) in [6.07, 6.45) is 4.70. The van der Waals surface area contributed by atoms with Crippen molar-refractivity contribution in [3.63, 3.8) is 0 Å². The van der Waals surface area contributed by atoms with Gasteiger partial charge in [-0.3, -0.25) is 4.40 Å². The van der Waals surface area contributed by atoms with E-state index in [9.17, 15) is 4.39 Å². The number of nitrogens with zero attached hydrogens (tertiary/aromatic N) is 4. The Kier molecular flexibility index (Phi) is 7.25. The molecule has 0 aliphatic heterocycles. The maximum Gasteiger partial charge on any atom is 0.191 e. The third-order valence-corrected chi connectivity index (χ3v) is 4.84. The van der Waals surface area contributed by atoms with Crippen LogP contribution < -0.4 is 10.6 Å². The number of benzene rings is 1. The molecule has 3 rings (SSSR count). The van der Waals surface area contributed by atoms with Crippen molar-refractivity contribution >= 4 is 23.4 Å². The number of halogens is 1. The average molecular weight is 401 g/mol. The van der Waals surface area contributed by atoms with E-state index in [1.165, 1.54) is 6.07 Å². The topological polar surface area (TPSA) is 66.6 Å². The zero-order valence-electron chi connectivity index (χ0n) is 16.2. The van der Waals surface area contributed by atoms with Crippen molar-refractivity contribution in [3.8, 4) is 0 Å². The molecule has 2 aromatic heterocycles. The highest BCUT2D eigenvalue weighted by Crippen LogP contribution is 2.17. The second-order valence-electron chi connectivity index (χ2n) is 6.26. The highest BCUT2D eigenvalue weighted by Gasteiger charge is 2.07. The first-order valence-corrected chi connectivity index (χ1v) is 10.7. The molecule has 0 bridgehead atoms. The van der Waals surface area contributed by atoms with Gasteiger partial charge in [-0.1, -0.05) is 12.1 Å². The summed E-state index contributed by atoms with van der Waals surface area (Å²) in [4.78, 5) is 4.66. The molecule has 0 atom stereocenters. The highest BCUT2D eigenvalue weighted by molar-refractivity contribution is 7.97. The second-order valence-corrected chi connectivity index (χ2v) is 7.13. The molecule has 0 spiro atoms. The van der Waals surface area contributed by atoms with Gasteiger partial charge in [-0.05, 0) is 48.6 Å². The molecular weight excluding hydrogens is 375 g/mol. The molecule has 0 saturated carbocycles. The number of rotatable bonds is 8. The fourth-order valence-electron chi connectivity index (χ4n) is 2.90. The third kappa shape index (κ3) is 5.22. The first kappa shape index (κ1) is 20.1. The zero-order chi connectivity index (χ0) is 19.8. The molecule has 3 aromatic rings. The normalized spacial score (nSPS) is 11.8. The summed E-state index contributed by atoms with van der Waals surface area (Å²) in [5.41, 5.74) is 2.87. The summed E-state index contributed by atoms with van der Waals surface area (Å²) >= 11 is 1.67. The van der Waals surface area contributed by atoms with Crippen molar-refractivity contribution in [2.24, 2.45) is 4.99 Å². The van der Waals surface area contributed by atoms with Gasteiger partial charge in [0.05, 0.1) is 6.54 Å². The molecule has 6 nitrogen and oxygen atoms in total. The Labute approximate surface area is 168 Å². The highest BCUT2D eigenvalue weighted by atomic mass is 32.2. The van der Waals surface area contributed by atoms with E-state index in [1.54, 1.807) is 17.8 Å². The lowest BCUT2D eigenvalue weighted by Gasteiger charge is -2.12. The summed E-state index contributed by atoms with van der Waals surface area (Å²) in [6, 6.07) is 10.8. The predicted octanol–water partition coefficient (Wildman–Crippen LogP) is 3.03. The van der Waals surface area contributed by atoms with Crippen LogP contribution in [-0.2, 0) is 18.7 Å². The van der Waals surface area contributed by atoms with Crippen LogP contribution in [0.25, 0.3) is 5.65 Å². The zero-order valence-corrected chi connectivity index (χ0v) is 17.0. The van der Waals surface area contributed by atoms with Crippen LogP contribution in [0.1, 0.15) is 23.9 Å². The number of aliphatic imine (C=N–C) groups is 1. The van der Waals surface area contributed by atoms with E-state index < -0.39 is 0 Å². The number of pyridine rings is 1. The molecule has 0 aliphatic rings. The van der Waals surface area contributed by atoms with Crippen LogP contribution in [0.15, 0.2) is 47.6 Å². The maximum absolute atomic E-state index is 13.5. The molecule has 0 aliphatic carbocycles. The van der Waals surface area contributed by atoms with Gasteiger partial charge in [0, 0.05) is 31.5 Å². The first-order valence-electron chi connectivity index (χ1n) is 9.28. The van der Waals surface area contributed by atoms with Gasteiger partial charge in [-0.2, -0.15) is 11.8 Å². The molecule has 0 radical (unpaired) electrons. The summed E-state index contributed by atoms with van der Waals surface area (Å²) < 4.78 is 15.5. The van der Waals surface area contributed by atoms with E-state index >= 15 is 0 Å². The van der Waals surface area contributed by atoms with Crippen LogP contribution in [0.5, 0.6) is 0 Å². The van der Waals surface area contributed by atoms with Gasteiger partial charge in [0.25, 0.3) is 0 Å². The standard InChI is InChI=1S/C20H25FN6S/c1-3-22-20(24-13-15-7-8-17(21)12-16(15)14-28-2)23-10-9-19-26-25-18-6-4-5-11-27(18)19/h4-8,11-12H,3,9-10,13-14H2,1-2H3,(H2,22,23,24). The largest absolute Gasteiger partial charge is 0.357 e. The van der Waals surface area contributed by atoms with Gasteiger partial charge in [0.2, 0.25) is 0 Å². The van der Waals surface area contributed by atoms with Gasteiger partial charge in [0.15, 0.2) is 11.6 Å². The van der Waals surface area contributed by atoms with Crippen molar-refractivity contribution in [1.82, 2.24) is 25.2 Å². The predicted molar refractivity (Wildman–Crippen MR) is 113 cm³/mol. The molecule has 0 unspecified atom stereocenters. The molecule has 148 valence electrons. The Bertz CT molecular complexity index is 939. The Morgan fingerprint density at radius 2 is 2.07 bits per heavy atom. The van der Waals surface area contributed by atoms with Gasteiger partial charge < -0.3 is 10.6 Å². The molecule has 2 heterocycles. The number of thioether (sulfide) groups is 1. The van der Waals surface area contributed by atoms with E-state index in [0.717, 1.165) is 47.3 Å². The van der Waals surface area contributed by atoms with Crippen molar-refractivity contribution in [1.29, 1.82) is 0 Å². The van der Waals surface area contributed by atoms with E-state index in [-0.39, 0.29) is 5.82 Å². The molecule has 0 saturated heterocycles. The molecule has 28 heavy (non-hydrogen) atoms. The number of nitrogens with one attached hydrogen (secondary N) is 2. The summed E-state index contributed by atoms with van der Waals surface area (Å²) in [5.74, 6) is 2.20. The molecular formula is C20H25FN6S. The van der Waals surface area contributed by atoms with Crippen LogP contribution in [-0.4, -0.2) is 39.9 Å². The van der Waals surface area contributed by atoms with E-state index in [0.29, 0.717) is 13.1 Å². The minimum Gasteiger partial charge on any atom is -0.357 e. The second kappa shape index (κ2) is 10.1. The first-order chi connectivity index (χ1) is 13.7. The molecule has 0 amide bonds. The number of guanidine groups is 1. The van der Waals surface area contributed by atoms with E-state index in [2.05, 4.69) is 25.8 Å². The average Bonchev–Trinajstić information content (AvgIpc) is 3.11. The van der Waals surface area contributed by atoms with Crippen LogP contribution in [0.4, 0.5) is 4.39 Å². The Balaban J connectivity index is 1.63. The molecule has 0 fully saturated rings. The molecule has 1 aromatic carbocycles. The van der Waals surface area contributed by atoms with Crippen LogP contribution in [0, 0.1) is 5.82 Å². The van der Waals surface area contributed by atoms with Gasteiger partial charge in [0.1, 0.15) is 11.6 Å². The minimum atomic E-state index is -0.206. The van der Waals surface area contributed by atoms with Gasteiger partial charge >= 0.3 is 0 Å². The van der Waals surface area contributed by atoms with Gasteiger partial charge in [-0.25, -0.2) is 9.38 Å². The SMILES string of the molecule is CCNC(=NCc1ccc(F)cc1CSC)NCCc1nnc2ccccn12.